The van der Waals surface area contributed by atoms with E-state index in [9.17, 15) is 23.3 Å². The molecule has 176 valence electrons. The van der Waals surface area contributed by atoms with Gasteiger partial charge in [-0.25, -0.2) is 13.8 Å². The number of sulfonamides is 1. The number of nitro benzene ring substituents is 1. The van der Waals surface area contributed by atoms with E-state index in [1.54, 1.807) is 67.6 Å². The van der Waals surface area contributed by atoms with Crippen molar-refractivity contribution in [3.63, 3.8) is 0 Å². The maximum atomic E-state index is 12.8. The fourth-order valence-corrected chi connectivity index (χ4v) is 4.26. The van der Waals surface area contributed by atoms with Crippen LogP contribution in [0.5, 0.6) is 0 Å². The second-order valence-electron chi connectivity index (χ2n) is 7.72. The Kier molecular flexibility index (Phi) is 7.54. The van der Waals surface area contributed by atoms with Crippen LogP contribution in [0.3, 0.4) is 0 Å². The molecular weight excluding hydrogens is 456 g/mol. The van der Waals surface area contributed by atoms with Crippen LogP contribution in [-0.2, 0) is 16.6 Å². The summed E-state index contributed by atoms with van der Waals surface area (Å²) >= 11 is 0. The Morgan fingerprint density at radius 3 is 2.29 bits per heavy atom. The summed E-state index contributed by atoms with van der Waals surface area (Å²) in [6.45, 7) is 3.66. The molecule has 0 radical (unpaired) electrons. The van der Waals surface area contributed by atoms with Crippen LogP contribution in [0.4, 0.5) is 5.69 Å². The molecule has 0 unspecified atom stereocenters. The predicted molar refractivity (Wildman–Crippen MR) is 129 cm³/mol. The van der Waals surface area contributed by atoms with Gasteiger partial charge in [0.1, 0.15) is 0 Å². The van der Waals surface area contributed by atoms with E-state index in [4.69, 9.17) is 0 Å². The van der Waals surface area contributed by atoms with E-state index in [0.29, 0.717) is 22.4 Å². The number of aryl methyl sites for hydroxylation is 1. The van der Waals surface area contributed by atoms with Gasteiger partial charge in [0.25, 0.3) is 11.6 Å². The number of non-ortho nitro benzene ring substituents is 1. The quantitative estimate of drug-likeness (QED) is 0.298. The molecule has 3 aromatic carbocycles. The highest BCUT2D eigenvalue weighted by Crippen LogP contribution is 2.18. The molecule has 3 aromatic rings. The number of nitro groups is 1. The summed E-state index contributed by atoms with van der Waals surface area (Å²) in [4.78, 5) is 23.1. The second kappa shape index (κ2) is 10.4. The highest BCUT2D eigenvalue weighted by Gasteiger charge is 2.20. The molecule has 0 aromatic heterocycles. The average Bonchev–Trinajstić information content (AvgIpc) is 2.83. The van der Waals surface area contributed by atoms with E-state index in [-0.39, 0.29) is 17.1 Å². The number of nitrogens with one attached hydrogen (secondary N) is 1. The van der Waals surface area contributed by atoms with Crippen LogP contribution >= 0.6 is 0 Å². The summed E-state index contributed by atoms with van der Waals surface area (Å²) < 4.78 is 26.8. The zero-order valence-corrected chi connectivity index (χ0v) is 19.7. The molecule has 0 aliphatic carbocycles. The fraction of sp³-hybridized carbons (Fsp3) is 0.167. The summed E-state index contributed by atoms with van der Waals surface area (Å²) in [7, 11) is -2.14. The number of benzene rings is 3. The summed E-state index contributed by atoms with van der Waals surface area (Å²) in [5, 5.41) is 14.9. The maximum Gasteiger partial charge on any atom is 0.271 e. The molecule has 0 spiro atoms. The Labute approximate surface area is 197 Å². The van der Waals surface area contributed by atoms with Crippen LogP contribution < -0.4 is 5.43 Å². The molecule has 0 atom stereocenters. The summed E-state index contributed by atoms with van der Waals surface area (Å²) in [5.74, 6) is -0.461. The highest BCUT2D eigenvalue weighted by molar-refractivity contribution is 7.89. The van der Waals surface area contributed by atoms with Crippen molar-refractivity contribution in [2.45, 2.75) is 25.3 Å². The maximum absolute atomic E-state index is 12.8. The molecular formula is C24H24N4O5S. The first-order chi connectivity index (χ1) is 16.1. The summed E-state index contributed by atoms with van der Waals surface area (Å²) in [6, 6.07) is 19.1. The minimum atomic E-state index is -3.64. The van der Waals surface area contributed by atoms with Gasteiger partial charge in [0.05, 0.1) is 15.5 Å². The predicted octanol–water partition coefficient (Wildman–Crippen LogP) is 3.88. The van der Waals surface area contributed by atoms with Crippen molar-refractivity contribution in [2.75, 3.05) is 7.05 Å². The Hall–Kier alpha value is -3.89. The molecule has 1 amide bonds. The van der Waals surface area contributed by atoms with E-state index in [0.717, 1.165) is 5.56 Å². The van der Waals surface area contributed by atoms with Gasteiger partial charge < -0.3 is 0 Å². The lowest BCUT2D eigenvalue weighted by molar-refractivity contribution is -0.384. The third-order valence-electron chi connectivity index (χ3n) is 5.15. The molecule has 0 saturated carbocycles. The number of hydrogen-bond donors (Lipinski definition) is 1. The average molecular weight is 481 g/mol. The minimum absolute atomic E-state index is 0.0664. The molecule has 1 N–H and O–H groups in total. The molecule has 0 fully saturated rings. The van der Waals surface area contributed by atoms with Crippen molar-refractivity contribution in [2.24, 2.45) is 5.10 Å². The van der Waals surface area contributed by atoms with Crippen molar-refractivity contribution < 1.29 is 18.1 Å². The van der Waals surface area contributed by atoms with Gasteiger partial charge in [-0.15, -0.1) is 0 Å². The fourth-order valence-electron chi connectivity index (χ4n) is 3.10. The van der Waals surface area contributed by atoms with E-state index in [2.05, 4.69) is 10.5 Å². The first-order valence-electron chi connectivity index (χ1n) is 10.3. The van der Waals surface area contributed by atoms with Crippen molar-refractivity contribution >= 4 is 27.3 Å². The first kappa shape index (κ1) is 24.7. The molecule has 0 aliphatic heterocycles. The van der Waals surface area contributed by atoms with E-state index < -0.39 is 20.9 Å². The molecule has 9 nitrogen and oxygen atoms in total. The Morgan fingerprint density at radius 1 is 1.03 bits per heavy atom. The lowest BCUT2D eigenvalue weighted by atomic mass is 10.1. The van der Waals surface area contributed by atoms with Crippen LogP contribution in [0.25, 0.3) is 0 Å². The van der Waals surface area contributed by atoms with E-state index >= 15 is 0 Å². The van der Waals surface area contributed by atoms with Gasteiger partial charge >= 0.3 is 0 Å². The molecule has 0 aliphatic rings. The Morgan fingerprint density at radius 2 is 1.68 bits per heavy atom. The van der Waals surface area contributed by atoms with Gasteiger partial charge in [0, 0.05) is 36.9 Å². The standard InChI is InChI=1S/C24H24N4O5S/c1-17-7-13-23(14-8-17)34(32,33)27(3)16-19-9-11-20(12-10-19)24(29)26-25-18(2)21-5-4-6-22(15-21)28(30)31/h4-15H,16H2,1-3H3,(H,26,29)/b25-18-. The number of nitrogens with zero attached hydrogens (tertiary/aromatic N) is 3. The Balaban J connectivity index is 1.65. The van der Waals surface area contributed by atoms with Crippen LogP contribution in [0.2, 0.25) is 0 Å². The number of rotatable bonds is 8. The lowest BCUT2D eigenvalue weighted by Gasteiger charge is -2.17. The summed E-state index contributed by atoms with van der Waals surface area (Å²) in [5.41, 5.74) is 5.32. The third-order valence-corrected chi connectivity index (χ3v) is 6.97. The van der Waals surface area contributed by atoms with Crippen LogP contribution in [0.1, 0.15) is 34.0 Å². The van der Waals surface area contributed by atoms with Gasteiger partial charge in [-0.3, -0.25) is 14.9 Å². The molecule has 0 bridgehead atoms. The van der Waals surface area contributed by atoms with Crippen molar-refractivity contribution in [1.29, 1.82) is 0 Å². The van der Waals surface area contributed by atoms with Crippen molar-refractivity contribution in [3.8, 4) is 0 Å². The van der Waals surface area contributed by atoms with Gasteiger partial charge in [-0.1, -0.05) is 42.0 Å². The SMILES string of the molecule is C/C(=N/NC(=O)c1ccc(CN(C)S(=O)(=O)c2ccc(C)cc2)cc1)c1cccc([N+](=O)[O-])c1. The minimum Gasteiger partial charge on any atom is -0.267 e. The molecule has 3 rings (SSSR count). The number of carbonyl (C=O) groups excluding carboxylic acids is 1. The second-order valence-corrected chi connectivity index (χ2v) is 9.76. The normalized spacial score (nSPS) is 11.9. The van der Waals surface area contributed by atoms with E-state index in [1.165, 1.54) is 23.5 Å². The van der Waals surface area contributed by atoms with Crippen LogP contribution in [0.15, 0.2) is 82.8 Å². The monoisotopic (exact) mass is 480 g/mol. The molecule has 0 saturated heterocycles. The molecule has 34 heavy (non-hydrogen) atoms. The number of carbonyl (C=O) groups is 1. The zero-order valence-electron chi connectivity index (χ0n) is 18.9. The third kappa shape index (κ3) is 5.91. The topological polar surface area (TPSA) is 122 Å². The molecule has 0 heterocycles. The highest BCUT2D eigenvalue weighted by atomic mass is 32.2. The van der Waals surface area contributed by atoms with Crippen LogP contribution in [0, 0.1) is 17.0 Å². The zero-order chi connectivity index (χ0) is 24.9. The number of amides is 1. The molecule has 10 heteroatoms. The summed E-state index contributed by atoms with van der Waals surface area (Å²) in [6.07, 6.45) is 0. The first-order valence-corrected chi connectivity index (χ1v) is 11.7. The Bertz CT molecular complexity index is 1330. The smallest absolute Gasteiger partial charge is 0.267 e. The lowest BCUT2D eigenvalue weighted by Crippen LogP contribution is -2.26. The van der Waals surface area contributed by atoms with Gasteiger partial charge in [0.15, 0.2) is 0 Å². The van der Waals surface area contributed by atoms with E-state index in [1.807, 2.05) is 6.92 Å². The number of hydrazone groups is 1. The van der Waals surface area contributed by atoms with Crippen molar-refractivity contribution in [3.05, 3.63) is 105 Å². The number of hydrogen-bond acceptors (Lipinski definition) is 6. The van der Waals surface area contributed by atoms with Gasteiger partial charge in [-0.2, -0.15) is 9.41 Å². The van der Waals surface area contributed by atoms with Crippen molar-refractivity contribution in [1.82, 2.24) is 9.73 Å². The largest absolute Gasteiger partial charge is 0.271 e. The van der Waals surface area contributed by atoms with Gasteiger partial charge in [-0.05, 0) is 43.7 Å². The van der Waals surface area contributed by atoms with Crippen LogP contribution in [-0.4, -0.2) is 36.3 Å². The van der Waals surface area contributed by atoms with Gasteiger partial charge in [0.2, 0.25) is 10.0 Å².